The fourth-order valence-corrected chi connectivity index (χ4v) is 1.94. The van der Waals surface area contributed by atoms with Crippen LogP contribution in [-0.4, -0.2) is 23.2 Å². The number of aliphatic hydroxyl groups is 1. The van der Waals surface area contributed by atoms with Gasteiger partial charge < -0.3 is 10.4 Å². The van der Waals surface area contributed by atoms with Gasteiger partial charge in [-0.2, -0.15) is 0 Å². The van der Waals surface area contributed by atoms with Crippen molar-refractivity contribution in [3.63, 3.8) is 0 Å². The molecule has 0 saturated heterocycles. The second-order valence-electron chi connectivity index (χ2n) is 5.55. The molecular formula is C18H25NO2. The molecule has 1 amide bonds. The number of hydrogen-bond acceptors (Lipinski definition) is 2. The van der Waals surface area contributed by atoms with Gasteiger partial charge in [0.2, 0.25) is 0 Å². The number of nitrogens with one attached hydrogen (secondary N) is 1. The van der Waals surface area contributed by atoms with Gasteiger partial charge in [-0.25, -0.2) is 0 Å². The molecular weight excluding hydrogens is 262 g/mol. The lowest BCUT2D eigenvalue weighted by atomic mass is 9.94. The molecule has 0 radical (unpaired) electrons. The largest absolute Gasteiger partial charge is 0.395 e. The van der Waals surface area contributed by atoms with Gasteiger partial charge in [0.15, 0.2) is 0 Å². The number of carbonyl (C=O) groups excluding carboxylic acids is 1. The quantitative estimate of drug-likeness (QED) is 0.818. The van der Waals surface area contributed by atoms with Crippen molar-refractivity contribution in [2.75, 3.05) is 6.61 Å². The van der Waals surface area contributed by atoms with Crippen LogP contribution in [0.1, 0.15) is 61.5 Å². The van der Waals surface area contributed by atoms with Crippen molar-refractivity contribution in [1.29, 1.82) is 0 Å². The van der Waals surface area contributed by atoms with E-state index < -0.39 is 0 Å². The molecule has 0 aromatic heterocycles. The van der Waals surface area contributed by atoms with Gasteiger partial charge in [0.05, 0.1) is 12.2 Å². The highest BCUT2D eigenvalue weighted by Gasteiger charge is 2.23. The highest BCUT2D eigenvalue weighted by Crippen LogP contribution is 2.17. The van der Waals surface area contributed by atoms with E-state index in [0.29, 0.717) is 17.5 Å². The fraction of sp³-hybridized carbons (Fsp3) is 0.500. The van der Waals surface area contributed by atoms with E-state index >= 15 is 0 Å². The minimum absolute atomic E-state index is 0.0319. The van der Waals surface area contributed by atoms with Crippen molar-refractivity contribution in [2.24, 2.45) is 0 Å². The standard InChI is InChI=1S/C18H25NO2/c1-5-18(4,6-2)19-17(21)16-13-14(3)10-11-15(16)9-7-8-12-20/h10-11,13,20H,5-6,8,12H2,1-4H3,(H,19,21). The molecule has 0 saturated carbocycles. The molecule has 1 rings (SSSR count). The van der Waals surface area contributed by atoms with Crippen LogP contribution in [0.2, 0.25) is 0 Å². The summed E-state index contributed by atoms with van der Waals surface area (Å²) in [6, 6.07) is 5.67. The highest BCUT2D eigenvalue weighted by molar-refractivity contribution is 5.97. The Morgan fingerprint density at radius 1 is 1.33 bits per heavy atom. The van der Waals surface area contributed by atoms with E-state index in [4.69, 9.17) is 5.11 Å². The van der Waals surface area contributed by atoms with Gasteiger partial charge in [-0.3, -0.25) is 4.79 Å². The third-order valence-corrected chi connectivity index (χ3v) is 3.86. The summed E-state index contributed by atoms with van der Waals surface area (Å²) in [5.74, 6) is 5.77. The van der Waals surface area contributed by atoms with Crippen LogP contribution in [0.5, 0.6) is 0 Å². The minimum atomic E-state index is -0.198. The van der Waals surface area contributed by atoms with Gasteiger partial charge in [-0.05, 0) is 38.8 Å². The first kappa shape index (κ1) is 17.3. The molecule has 0 fully saturated rings. The molecule has 0 aliphatic carbocycles. The lowest BCUT2D eigenvalue weighted by molar-refractivity contribution is 0.0900. The van der Waals surface area contributed by atoms with Gasteiger partial charge in [-0.1, -0.05) is 37.3 Å². The third kappa shape index (κ3) is 4.91. The summed E-state index contributed by atoms with van der Waals surface area (Å²) in [7, 11) is 0. The lowest BCUT2D eigenvalue weighted by Gasteiger charge is -2.28. The minimum Gasteiger partial charge on any atom is -0.395 e. The molecule has 0 heterocycles. The Balaban J connectivity index is 3.08. The Kier molecular flexibility index (Phi) is 6.45. The zero-order chi connectivity index (χ0) is 15.9. The summed E-state index contributed by atoms with van der Waals surface area (Å²) >= 11 is 0. The molecule has 21 heavy (non-hydrogen) atoms. The Bertz CT molecular complexity index is 548. The SMILES string of the molecule is CCC(C)(CC)NC(=O)c1cc(C)ccc1C#CCCO. The average molecular weight is 287 g/mol. The van der Waals surface area contributed by atoms with Crippen LogP contribution in [0, 0.1) is 18.8 Å². The average Bonchev–Trinajstić information content (AvgIpc) is 2.48. The van der Waals surface area contributed by atoms with Crippen LogP contribution in [0.15, 0.2) is 18.2 Å². The first-order valence-electron chi connectivity index (χ1n) is 7.48. The maximum absolute atomic E-state index is 12.6. The topological polar surface area (TPSA) is 49.3 Å². The molecule has 0 atom stereocenters. The van der Waals surface area contributed by atoms with Crippen LogP contribution in [0.3, 0.4) is 0 Å². The number of amides is 1. The van der Waals surface area contributed by atoms with Gasteiger partial charge in [0.1, 0.15) is 0 Å². The van der Waals surface area contributed by atoms with Crippen molar-refractivity contribution in [3.05, 3.63) is 34.9 Å². The zero-order valence-electron chi connectivity index (χ0n) is 13.4. The fourth-order valence-electron chi connectivity index (χ4n) is 1.94. The molecule has 114 valence electrons. The van der Waals surface area contributed by atoms with E-state index in [9.17, 15) is 4.79 Å². The molecule has 1 aromatic rings. The van der Waals surface area contributed by atoms with Crippen LogP contribution < -0.4 is 5.32 Å². The number of aliphatic hydroxyl groups excluding tert-OH is 1. The second-order valence-corrected chi connectivity index (χ2v) is 5.55. The van der Waals surface area contributed by atoms with Gasteiger partial charge in [0, 0.05) is 17.5 Å². The Labute approximate surface area is 127 Å². The van der Waals surface area contributed by atoms with Crippen molar-refractivity contribution < 1.29 is 9.90 Å². The summed E-state index contributed by atoms with van der Waals surface area (Å²) < 4.78 is 0. The summed E-state index contributed by atoms with van der Waals surface area (Å²) in [5, 5.41) is 11.9. The molecule has 1 aromatic carbocycles. The summed E-state index contributed by atoms with van der Waals surface area (Å²) in [6.07, 6.45) is 2.18. The van der Waals surface area contributed by atoms with E-state index in [2.05, 4.69) is 37.9 Å². The van der Waals surface area contributed by atoms with E-state index in [1.807, 2.05) is 25.1 Å². The molecule has 0 aliphatic rings. The number of rotatable bonds is 5. The van der Waals surface area contributed by atoms with E-state index in [1.54, 1.807) is 0 Å². The van der Waals surface area contributed by atoms with Gasteiger partial charge in [0.25, 0.3) is 5.91 Å². The number of hydrogen-bond donors (Lipinski definition) is 2. The molecule has 0 aliphatic heterocycles. The van der Waals surface area contributed by atoms with Crippen molar-refractivity contribution in [2.45, 2.75) is 52.5 Å². The van der Waals surface area contributed by atoms with Crippen molar-refractivity contribution in [1.82, 2.24) is 5.32 Å². The molecule has 2 N–H and O–H groups in total. The second kappa shape index (κ2) is 7.85. The van der Waals surface area contributed by atoms with Crippen molar-refractivity contribution in [3.8, 4) is 11.8 Å². The first-order chi connectivity index (χ1) is 9.95. The predicted octanol–water partition coefficient (Wildman–Crippen LogP) is 3.04. The molecule has 3 heteroatoms. The Morgan fingerprint density at radius 2 is 2.00 bits per heavy atom. The third-order valence-electron chi connectivity index (χ3n) is 3.86. The summed E-state index contributed by atoms with van der Waals surface area (Å²) in [4.78, 5) is 12.6. The number of carbonyl (C=O) groups is 1. The maximum atomic E-state index is 12.6. The number of benzene rings is 1. The predicted molar refractivity (Wildman–Crippen MR) is 86.2 cm³/mol. The summed E-state index contributed by atoms with van der Waals surface area (Å²) in [5.41, 5.74) is 2.15. The van der Waals surface area contributed by atoms with E-state index in [1.165, 1.54) is 0 Å². The van der Waals surface area contributed by atoms with E-state index in [-0.39, 0.29) is 18.1 Å². The Morgan fingerprint density at radius 3 is 2.57 bits per heavy atom. The summed E-state index contributed by atoms with van der Waals surface area (Å²) in [6.45, 7) is 8.19. The van der Waals surface area contributed by atoms with E-state index in [0.717, 1.165) is 18.4 Å². The molecule has 0 spiro atoms. The monoisotopic (exact) mass is 287 g/mol. The Hall–Kier alpha value is -1.79. The van der Waals surface area contributed by atoms with Crippen LogP contribution in [0.25, 0.3) is 0 Å². The zero-order valence-corrected chi connectivity index (χ0v) is 13.4. The smallest absolute Gasteiger partial charge is 0.252 e. The van der Waals surface area contributed by atoms with Crippen LogP contribution >= 0.6 is 0 Å². The molecule has 3 nitrogen and oxygen atoms in total. The first-order valence-corrected chi connectivity index (χ1v) is 7.48. The normalized spacial score (nSPS) is 10.7. The van der Waals surface area contributed by atoms with Crippen molar-refractivity contribution >= 4 is 5.91 Å². The van der Waals surface area contributed by atoms with Gasteiger partial charge >= 0.3 is 0 Å². The molecule has 0 bridgehead atoms. The highest BCUT2D eigenvalue weighted by atomic mass is 16.2. The van der Waals surface area contributed by atoms with Crippen LogP contribution in [0.4, 0.5) is 0 Å². The molecule has 0 unspecified atom stereocenters. The van der Waals surface area contributed by atoms with Crippen LogP contribution in [-0.2, 0) is 0 Å². The number of aryl methyl sites for hydroxylation is 1. The maximum Gasteiger partial charge on any atom is 0.252 e. The van der Waals surface area contributed by atoms with Gasteiger partial charge in [-0.15, -0.1) is 0 Å². The lowest BCUT2D eigenvalue weighted by Crippen LogP contribution is -2.45.